The van der Waals surface area contributed by atoms with Crippen molar-refractivity contribution in [2.75, 3.05) is 13.1 Å². The summed E-state index contributed by atoms with van der Waals surface area (Å²) in [4.78, 5) is 22.8. The summed E-state index contributed by atoms with van der Waals surface area (Å²) in [6, 6.07) is 8.23. The first-order valence-corrected chi connectivity index (χ1v) is 12.5. The van der Waals surface area contributed by atoms with Crippen molar-refractivity contribution in [1.82, 2.24) is 19.4 Å². The van der Waals surface area contributed by atoms with Gasteiger partial charge in [0.05, 0.1) is 20.8 Å². The van der Waals surface area contributed by atoms with E-state index >= 15 is 0 Å². The fraction of sp³-hybridized carbons (Fsp3) is 0.458. The highest BCUT2D eigenvalue weighted by Gasteiger charge is 2.28. The first kappa shape index (κ1) is 22.5. The number of aromatic nitrogens is 3. The number of pyridine rings is 1. The number of likely N-dealkylation sites (tertiary alicyclic amines) is 1. The summed E-state index contributed by atoms with van der Waals surface area (Å²) in [6.45, 7) is 10.4. The van der Waals surface area contributed by atoms with E-state index in [4.69, 9.17) is 4.98 Å². The second kappa shape index (κ2) is 8.31. The number of amides is 1. The molecule has 0 bridgehead atoms. The van der Waals surface area contributed by atoms with Gasteiger partial charge in [-0.05, 0) is 49.1 Å². The van der Waals surface area contributed by atoms with Gasteiger partial charge in [0, 0.05) is 44.4 Å². The number of fused-ring (bicyclic) bond motifs is 1. The van der Waals surface area contributed by atoms with E-state index in [9.17, 15) is 13.2 Å². The lowest BCUT2D eigenvalue weighted by Gasteiger charge is -2.32. The van der Waals surface area contributed by atoms with Gasteiger partial charge in [0.1, 0.15) is 5.82 Å². The lowest BCUT2D eigenvalue weighted by molar-refractivity contribution is -0.130. The summed E-state index contributed by atoms with van der Waals surface area (Å²) in [5, 5.41) is 0. The third kappa shape index (κ3) is 4.28. The van der Waals surface area contributed by atoms with Gasteiger partial charge in [-0.1, -0.05) is 20.8 Å². The molecular formula is C24H30N4O3S. The van der Waals surface area contributed by atoms with Crippen molar-refractivity contribution in [2.45, 2.75) is 62.3 Å². The Morgan fingerprint density at radius 1 is 1.06 bits per heavy atom. The average molecular weight is 455 g/mol. The predicted octanol–water partition coefficient (Wildman–Crippen LogP) is 3.82. The topological polar surface area (TPSA) is 85.2 Å². The molecule has 0 N–H and O–H groups in total. The van der Waals surface area contributed by atoms with Crippen molar-refractivity contribution in [1.29, 1.82) is 0 Å². The molecule has 1 saturated heterocycles. The quantitative estimate of drug-likeness (QED) is 0.598. The molecule has 4 rings (SSSR count). The number of nitrogens with zero attached hydrogens (tertiary/aromatic N) is 4. The number of sulfone groups is 1. The highest BCUT2D eigenvalue weighted by molar-refractivity contribution is 7.91. The van der Waals surface area contributed by atoms with Crippen LogP contribution in [-0.2, 0) is 26.6 Å². The molecule has 1 amide bonds. The van der Waals surface area contributed by atoms with Crippen LogP contribution in [0.5, 0.6) is 0 Å². The second-order valence-corrected chi connectivity index (χ2v) is 11.5. The highest BCUT2D eigenvalue weighted by atomic mass is 32.2. The van der Waals surface area contributed by atoms with Crippen LogP contribution >= 0.6 is 0 Å². The van der Waals surface area contributed by atoms with Crippen LogP contribution in [0.1, 0.15) is 46.4 Å². The minimum atomic E-state index is -3.64. The van der Waals surface area contributed by atoms with Crippen LogP contribution in [0.4, 0.5) is 0 Å². The van der Waals surface area contributed by atoms with Gasteiger partial charge in [-0.3, -0.25) is 9.78 Å². The van der Waals surface area contributed by atoms with Crippen LogP contribution in [0, 0.1) is 5.92 Å². The number of hydrogen-bond donors (Lipinski definition) is 0. The molecule has 3 heterocycles. The molecule has 1 aromatic carbocycles. The number of hydrogen-bond acceptors (Lipinski definition) is 5. The van der Waals surface area contributed by atoms with Gasteiger partial charge in [-0.15, -0.1) is 0 Å². The maximum absolute atomic E-state index is 13.1. The molecular weight excluding hydrogens is 424 g/mol. The first-order chi connectivity index (χ1) is 15.1. The van der Waals surface area contributed by atoms with Gasteiger partial charge in [-0.2, -0.15) is 0 Å². The smallest absolute Gasteiger partial charge is 0.219 e. The zero-order valence-electron chi connectivity index (χ0n) is 19.1. The molecule has 3 aromatic rings. The van der Waals surface area contributed by atoms with Gasteiger partial charge >= 0.3 is 0 Å². The van der Waals surface area contributed by atoms with E-state index in [1.165, 1.54) is 24.5 Å². The standard InChI is InChI=1S/C24H30N4O3S/c1-17(29)27-13-9-18(10-14-27)16-28-22-6-5-20(15-21(22)26-23(28)24(2,3)4)32(30,31)19-7-11-25-12-8-19/h5-8,11-12,15,18H,9-10,13-14,16H2,1-4H3. The van der Waals surface area contributed by atoms with Crippen molar-refractivity contribution in [3.63, 3.8) is 0 Å². The van der Waals surface area contributed by atoms with E-state index in [2.05, 4.69) is 30.3 Å². The minimum absolute atomic E-state index is 0.134. The zero-order valence-corrected chi connectivity index (χ0v) is 19.9. The van der Waals surface area contributed by atoms with Crippen LogP contribution in [-0.4, -0.2) is 46.8 Å². The zero-order chi connectivity index (χ0) is 23.1. The van der Waals surface area contributed by atoms with E-state index < -0.39 is 9.84 Å². The third-order valence-corrected chi connectivity index (χ3v) is 7.93. The second-order valence-electron chi connectivity index (χ2n) is 9.58. The summed E-state index contributed by atoms with van der Waals surface area (Å²) in [5.41, 5.74) is 1.44. The molecule has 0 saturated carbocycles. The SMILES string of the molecule is CC(=O)N1CCC(Cn2c(C(C)(C)C)nc3cc(S(=O)(=O)c4ccncc4)ccc32)CC1. The maximum atomic E-state index is 13.1. The summed E-state index contributed by atoms with van der Waals surface area (Å²) in [5.74, 6) is 1.53. The summed E-state index contributed by atoms with van der Waals surface area (Å²) in [6.07, 6.45) is 4.87. The normalized spacial score (nSPS) is 15.9. The van der Waals surface area contributed by atoms with E-state index in [0.717, 1.165) is 43.8 Å². The Hall–Kier alpha value is -2.74. The Bertz CT molecular complexity index is 1240. The average Bonchev–Trinajstić information content (AvgIpc) is 3.13. The van der Waals surface area contributed by atoms with Gasteiger partial charge in [0.2, 0.25) is 15.7 Å². The Morgan fingerprint density at radius 2 is 1.72 bits per heavy atom. The van der Waals surface area contributed by atoms with Crippen molar-refractivity contribution in [2.24, 2.45) is 5.92 Å². The predicted molar refractivity (Wildman–Crippen MR) is 123 cm³/mol. The van der Waals surface area contributed by atoms with Gasteiger partial charge in [-0.25, -0.2) is 13.4 Å². The largest absolute Gasteiger partial charge is 0.343 e. The number of rotatable bonds is 4. The maximum Gasteiger partial charge on any atom is 0.219 e. The van der Waals surface area contributed by atoms with Crippen molar-refractivity contribution in [3.8, 4) is 0 Å². The molecule has 1 aliphatic rings. The molecule has 0 spiro atoms. The van der Waals surface area contributed by atoms with Gasteiger partial charge in [0.15, 0.2) is 0 Å². The van der Waals surface area contributed by atoms with Crippen LogP contribution in [0.2, 0.25) is 0 Å². The summed E-state index contributed by atoms with van der Waals surface area (Å²) >= 11 is 0. The minimum Gasteiger partial charge on any atom is -0.343 e. The molecule has 0 unspecified atom stereocenters. The van der Waals surface area contributed by atoms with Crippen molar-refractivity contribution >= 4 is 26.8 Å². The fourth-order valence-electron chi connectivity index (χ4n) is 4.38. The lowest BCUT2D eigenvalue weighted by atomic mass is 9.93. The Labute approximate surface area is 189 Å². The molecule has 170 valence electrons. The first-order valence-electron chi connectivity index (χ1n) is 11.0. The van der Waals surface area contributed by atoms with Crippen LogP contribution in [0.15, 0.2) is 52.5 Å². The van der Waals surface area contributed by atoms with Crippen LogP contribution in [0.25, 0.3) is 11.0 Å². The summed E-state index contributed by atoms with van der Waals surface area (Å²) < 4.78 is 28.4. The van der Waals surface area contributed by atoms with Crippen molar-refractivity contribution < 1.29 is 13.2 Å². The molecule has 1 aliphatic heterocycles. The number of carbonyl (C=O) groups excluding carboxylic acids is 1. The molecule has 0 radical (unpaired) electrons. The molecule has 0 aliphatic carbocycles. The Balaban J connectivity index is 1.71. The van der Waals surface area contributed by atoms with E-state index in [1.54, 1.807) is 19.1 Å². The lowest BCUT2D eigenvalue weighted by Crippen LogP contribution is -2.38. The highest BCUT2D eigenvalue weighted by Crippen LogP contribution is 2.31. The monoisotopic (exact) mass is 454 g/mol. The molecule has 8 heteroatoms. The van der Waals surface area contributed by atoms with Gasteiger partial charge < -0.3 is 9.47 Å². The summed E-state index contributed by atoms with van der Waals surface area (Å²) in [7, 11) is -3.64. The molecule has 7 nitrogen and oxygen atoms in total. The molecule has 2 aromatic heterocycles. The number of benzene rings is 1. The van der Waals surface area contributed by atoms with Gasteiger partial charge in [0.25, 0.3) is 0 Å². The fourth-order valence-corrected chi connectivity index (χ4v) is 5.64. The third-order valence-electron chi connectivity index (χ3n) is 6.16. The molecule has 1 fully saturated rings. The van der Waals surface area contributed by atoms with E-state index in [1.807, 2.05) is 11.0 Å². The Kier molecular flexibility index (Phi) is 5.83. The Morgan fingerprint density at radius 3 is 2.31 bits per heavy atom. The number of imidazole rings is 1. The van der Waals surface area contributed by atoms with Crippen molar-refractivity contribution in [3.05, 3.63) is 48.5 Å². The number of carbonyl (C=O) groups is 1. The van der Waals surface area contributed by atoms with E-state index in [-0.39, 0.29) is 21.1 Å². The molecule has 32 heavy (non-hydrogen) atoms. The molecule has 0 atom stereocenters. The van der Waals surface area contributed by atoms with E-state index in [0.29, 0.717) is 11.4 Å². The van der Waals surface area contributed by atoms with Crippen LogP contribution < -0.4 is 0 Å². The van der Waals surface area contributed by atoms with Crippen LogP contribution in [0.3, 0.4) is 0 Å². The number of piperidine rings is 1.